The summed E-state index contributed by atoms with van der Waals surface area (Å²) in [4.78, 5) is 16.8. The SMILES string of the molecule is Cc1cnc(NC(=O)CC2COCCN2)s1.Cl. The van der Waals surface area contributed by atoms with Gasteiger partial charge in [-0.3, -0.25) is 4.79 Å². The molecule has 1 fully saturated rings. The van der Waals surface area contributed by atoms with Gasteiger partial charge in [-0.2, -0.15) is 0 Å². The number of nitrogens with one attached hydrogen (secondary N) is 2. The molecule has 2 heterocycles. The van der Waals surface area contributed by atoms with Crippen LogP contribution in [0.5, 0.6) is 0 Å². The third kappa shape index (κ3) is 4.59. The lowest BCUT2D eigenvalue weighted by Gasteiger charge is -2.22. The van der Waals surface area contributed by atoms with Gasteiger partial charge in [-0.05, 0) is 6.92 Å². The first kappa shape index (κ1) is 14.4. The van der Waals surface area contributed by atoms with Crippen LogP contribution in [0.4, 0.5) is 5.13 Å². The Labute approximate surface area is 110 Å². The van der Waals surface area contributed by atoms with Crippen LogP contribution < -0.4 is 10.6 Å². The highest BCUT2D eigenvalue weighted by molar-refractivity contribution is 7.15. The molecule has 5 nitrogen and oxygen atoms in total. The van der Waals surface area contributed by atoms with Gasteiger partial charge in [0.05, 0.1) is 13.2 Å². The molecular formula is C10H16ClN3O2S. The van der Waals surface area contributed by atoms with Crippen molar-refractivity contribution in [3.63, 3.8) is 0 Å². The highest BCUT2D eigenvalue weighted by Crippen LogP contribution is 2.16. The minimum atomic E-state index is -0.0163. The molecule has 1 aromatic rings. The van der Waals surface area contributed by atoms with Crippen molar-refractivity contribution in [2.75, 3.05) is 25.1 Å². The summed E-state index contributed by atoms with van der Waals surface area (Å²) in [6.07, 6.45) is 2.18. The maximum absolute atomic E-state index is 11.6. The fourth-order valence-electron chi connectivity index (χ4n) is 1.56. The molecule has 1 aliphatic rings. The van der Waals surface area contributed by atoms with Crippen molar-refractivity contribution in [2.24, 2.45) is 0 Å². The molecule has 0 bridgehead atoms. The van der Waals surface area contributed by atoms with E-state index in [4.69, 9.17) is 4.74 Å². The van der Waals surface area contributed by atoms with Gasteiger partial charge in [0.2, 0.25) is 5.91 Å². The number of aryl methyl sites for hydroxylation is 1. The van der Waals surface area contributed by atoms with E-state index in [-0.39, 0.29) is 24.4 Å². The first-order chi connectivity index (χ1) is 7.74. The van der Waals surface area contributed by atoms with Crippen LogP contribution in [0.15, 0.2) is 6.20 Å². The zero-order chi connectivity index (χ0) is 11.4. The third-order valence-corrected chi connectivity index (χ3v) is 3.13. The van der Waals surface area contributed by atoms with Crippen LogP contribution in [0.3, 0.4) is 0 Å². The number of hydrogen-bond acceptors (Lipinski definition) is 5. The van der Waals surface area contributed by atoms with Crippen molar-refractivity contribution in [3.8, 4) is 0 Å². The predicted octanol–water partition coefficient (Wildman–Crippen LogP) is 1.19. The Bertz CT molecular complexity index is 366. The molecule has 1 amide bonds. The van der Waals surface area contributed by atoms with E-state index >= 15 is 0 Å². The lowest BCUT2D eigenvalue weighted by molar-refractivity contribution is -0.117. The van der Waals surface area contributed by atoms with E-state index in [0.717, 1.165) is 18.0 Å². The number of carbonyl (C=O) groups excluding carboxylic acids is 1. The molecule has 0 radical (unpaired) electrons. The number of morpholine rings is 1. The number of thiazole rings is 1. The highest BCUT2D eigenvalue weighted by Gasteiger charge is 2.17. The molecule has 1 unspecified atom stereocenters. The van der Waals surface area contributed by atoms with Gasteiger partial charge in [-0.25, -0.2) is 4.98 Å². The van der Waals surface area contributed by atoms with Gasteiger partial charge in [0.1, 0.15) is 0 Å². The Balaban J connectivity index is 0.00000144. The van der Waals surface area contributed by atoms with Gasteiger partial charge in [0, 0.05) is 30.1 Å². The number of rotatable bonds is 3. The van der Waals surface area contributed by atoms with E-state index in [2.05, 4.69) is 15.6 Å². The topological polar surface area (TPSA) is 63.2 Å². The summed E-state index contributed by atoms with van der Waals surface area (Å²) >= 11 is 1.48. The van der Waals surface area contributed by atoms with Crippen LogP contribution in [0.1, 0.15) is 11.3 Å². The van der Waals surface area contributed by atoms with Gasteiger partial charge in [-0.15, -0.1) is 23.7 Å². The van der Waals surface area contributed by atoms with Crippen molar-refractivity contribution in [1.29, 1.82) is 0 Å². The predicted molar refractivity (Wildman–Crippen MR) is 70.0 cm³/mol. The van der Waals surface area contributed by atoms with Gasteiger partial charge >= 0.3 is 0 Å². The summed E-state index contributed by atoms with van der Waals surface area (Å²) in [6, 6.07) is 0.120. The highest BCUT2D eigenvalue weighted by atomic mass is 35.5. The molecule has 2 rings (SSSR count). The Morgan fingerprint density at radius 3 is 3.18 bits per heavy atom. The largest absolute Gasteiger partial charge is 0.378 e. The number of halogens is 1. The fourth-order valence-corrected chi connectivity index (χ4v) is 2.24. The average molecular weight is 278 g/mol. The molecular weight excluding hydrogens is 262 g/mol. The lowest BCUT2D eigenvalue weighted by atomic mass is 10.2. The lowest BCUT2D eigenvalue weighted by Crippen LogP contribution is -2.43. The summed E-state index contributed by atoms with van der Waals surface area (Å²) in [5, 5.41) is 6.69. The Morgan fingerprint density at radius 2 is 2.59 bits per heavy atom. The van der Waals surface area contributed by atoms with Crippen molar-refractivity contribution in [1.82, 2.24) is 10.3 Å². The molecule has 1 aromatic heterocycles. The first-order valence-electron chi connectivity index (χ1n) is 5.27. The second-order valence-corrected chi connectivity index (χ2v) is 4.99. The second kappa shape index (κ2) is 6.90. The van der Waals surface area contributed by atoms with Crippen LogP contribution in [0.2, 0.25) is 0 Å². The summed E-state index contributed by atoms with van der Waals surface area (Å²) in [6.45, 7) is 4.10. The van der Waals surface area contributed by atoms with Gasteiger partial charge in [-0.1, -0.05) is 0 Å². The number of carbonyl (C=O) groups is 1. The quantitative estimate of drug-likeness (QED) is 0.871. The summed E-state index contributed by atoms with van der Waals surface area (Å²) in [5.74, 6) is -0.0163. The van der Waals surface area contributed by atoms with Gasteiger partial charge in [0.15, 0.2) is 5.13 Å². The molecule has 1 aliphatic heterocycles. The Kier molecular flexibility index (Phi) is 5.84. The van der Waals surface area contributed by atoms with Crippen molar-refractivity contribution < 1.29 is 9.53 Å². The summed E-state index contributed by atoms with van der Waals surface area (Å²) < 4.78 is 5.28. The molecule has 0 aromatic carbocycles. The smallest absolute Gasteiger partial charge is 0.227 e. The van der Waals surface area contributed by atoms with Crippen LogP contribution in [0, 0.1) is 6.92 Å². The van der Waals surface area contributed by atoms with E-state index in [1.54, 1.807) is 6.20 Å². The molecule has 2 N–H and O–H groups in total. The average Bonchev–Trinajstić information content (AvgIpc) is 2.65. The van der Waals surface area contributed by atoms with Gasteiger partial charge < -0.3 is 15.4 Å². The van der Waals surface area contributed by atoms with Crippen molar-refractivity contribution in [2.45, 2.75) is 19.4 Å². The Morgan fingerprint density at radius 1 is 1.76 bits per heavy atom. The van der Waals surface area contributed by atoms with E-state index in [1.807, 2.05) is 6.92 Å². The Hall–Kier alpha value is -0.690. The number of nitrogens with zero attached hydrogens (tertiary/aromatic N) is 1. The molecule has 7 heteroatoms. The van der Waals surface area contributed by atoms with Crippen molar-refractivity contribution in [3.05, 3.63) is 11.1 Å². The van der Waals surface area contributed by atoms with Crippen molar-refractivity contribution >= 4 is 34.8 Å². The van der Waals surface area contributed by atoms with E-state index in [0.29, 0.717) is 18.2 Å². The zero-order valence-corrected chi connectivity index (χ0v) is 11.2. The number of hydrogen-bond donors (Lipinski definition) is 2. The molecule has 1 saturated heterocycles. The molecule has 0 aliphatic carbocycles. The van der Waals surface area contributed by atoms with E-state index in [9.17, 15) is 4.79 Å². The summed E-state index contributed by atoms with van der Waals surface area (Å²) in [5.41, 5.74) is 0. The number of ether oxygens (including phenoxy) is 1. The summed E-state index contributed by atoms with van der Waals surface area (Å²) in [7, 11) is 0. The van der Waals surface area contributed by atoms with Crippen LogP contribution in [-0.4, -0.2) is 36.7 Å². The number of anilines is 1. The normalized spacial score (nSPS) is 19.5. The first-order valence-corrected chi connectivity index (χ1v) is 6.09. The third-order valence-electron chi connectivity index (χ3n) is 2.30. The monoisotopic (exact) mass is 277 g/mol. The molecule has 17 heavy (non-hydrogen) atoms. The standard InChI is InChI=1S/C10H15N3O2S.ClH/c1-7-5-12-10(16-7)13-9(14)4-8-6-15-3-2-11-8;/h5,8,11H,2-4,6H2,1H3,(H,12,13,14);1H. The van der Waals surface area contributed by atoms with Crippen LogP contribution in [0.25, 0.3) is 0 Å². The number of aromatic nitrogens is 1. The van der Waals surface area contributed by atoms with Crippen LogP contribution >= 0.6 is 23.7 Å². The minimum absolute atomic E-state index is 0. The van der Waals surface area contributed by atoms with E-state index < -0.39 is 0 Å². The molecule has 0 saturated carbocycles. The van der Waals surface area contributed by atoms with Gasteiger partial charge in [0.25, 0.3) is 0 Å². The minimum Gasteiger partial charge on any atom is -0.378 e. The molecule has 1 atom stereocenters. The second-order valence-electron chi connectivity index (χ2n) is 3.75. The van der Waals surface area contributed by atoms with E-state index in [1.165, 1.54) is 11.3 Å². The zero-order valence-electron chi connectivity index (χ0n) is 9.56. The maximum Gasteiger partial charge on any atom is 0.227 e. The number of amides is 1. The fraction of sp³-hybridized carbons (Fsp3) is 0.600. The molecule has 0 spiro atoms. The van der Waals surface area contributed by atoms with Crippen LogP contribution in [-0.2, 0) is 9.53 Å². The maximum atomic E-state index is 11.6. The molecule has 96 valence electrons.